The van der Waals surface area contributed by atoms with Crippen LogP contribution in [0.4, 0.5) is 16.5 Å². The van der Waals surface area contributed by atoms with Gasteiger partial charge in [0.1, 0.15) is 11.4 Å². The Balaban J connectivity index is 1.92. The minimum Gasteiger partial charge on any atom is -0.496 e. The molecule has 0 bridgehead atoms. The van der Waals surface area contributed by atoms with Gasteiger partial charge in [0, 0.05) is 11.1 Å². The molecule has 1 aromatic carbocycles. The maximum Gasteiger partial charge on any atom is 0.296 e. The molecule has 148 valence electrons. The molecule has 4 N–H and O–H groups in total. The quantitative estimate of drug-likeness (QED) is 0.341. The van der Waals surface area contributed by atoms with Crippen LogP contribution in [0.1, 0.15) is 19.0 Å². The van der Waals surface area contributed by atoms with Crippen molar-refractivity contribution < 1.29 is 19.2 Å². The number of nitrogens with one attached hydrogen (secondary N) is 2. The van der Waals surface area contributed by atoms with Gasteiger partial charge >= 0.3 is 0 Å². The second-order valence-electron chi connectivity index (χ2n) is 5.60. The minimum atomic E-state index is -0.621. The Morgan fingerprint density at radius 2 is 2.14 bits per heavy atom. The highest BCUT2D eigenvalue weighted by molar-refractivity contribution is 7.13. The zero-order valence-corrected chi connectivity index (χ0v) is 15.9. The number of nitrogen functional groups attached to an aromatic ring is 1. The van der Waals surface area contributed by atoms with E-state index in [2.05, 4.69) is 20.8 Å². The highest BCUT2D eigenvalue weighted by atomic mass is 32.1. The fourth-order valence-electron chi connectivity index (χ4n) is 2.13. The van der Waals surface area contributed by atoms with Gasteiger partial charge in [0.25, 0.3) is 5.69 Å². The van der Waals surface area contributed by atoms with Crippen LogP contribution >= 0.6 is 11.3 Å². The summed E-state index contributed by atoms with van der Waals surface area (Å²) in [6, 6.07) is 4.08. The number of nitro groups is 1. The molecule has 0 fully saturated rings. The van der Waals surface area contributed by atoms with Gasteiger partial charge in [-0.05, 0) is 19.1 Å². The number of nitro benzene ring substituents is 1. The van der Waals surface area contributed by atoms with Crippen molar-refractivity contribution in [2.75, 3.05) is 18.2 Å². The summed E-state index contributed by atoms with van der Waals surface area (Å²) in [5.74, 6) is -0.626. The van der Waals surface area contributed by atoms with Gasteiger partial charge in [0.2, 0.25) is 11.8 Å². The van der Waals surface area contributed by atoms with Gasteiger partial charge in [-0.3, -0.25) is 19.7 Å². The Morgan fingerprint density at radius 3 is 2.75 bits per heavy atom. The number of rotatable bonds is 8. The first-order valence-corrected chi connectivity index (χ1v) is 8.80. The van der Waals surface area contributed by atoms with Gasteiger partial charge in [-0.2, -0.15) is 5.10 Å². The molecule has 2 aromatic rings. The maximum absolute atomic E-state index is 12.1. The maximum atomic E-state index is 12.1. The van der Waals surface area contributed by atoms with Crippen LogP contribution in [0, 0.1) is 10.1 Å². The van der Waals surface area contributed by atoms with Crippen molar-refractivity contribution in [3.05, 3.63) is 39.4 Å². The van der Waals surface area contributed by atoms with E-state index in [4.69, 9.17) is 10.5 Å². The lowest BCUT2D eigenvalue weighted by Crippen LogP contribution is -2.23. The SMILES string of the molecule is COc1ccc(NC(=O)C/C(C)=N\NC(=O)Cc2csc(N)n2)c([N+](=O)[O-])c1. The Hall–Kier alpha value is -3.54. The van der Waals surface area contributed by atoms with Gasteiger partial charge in [-0.25, -0.2) is 10.4 Å². The van der Waals surface area contributed by atoms with Crippen molar-refractivity contribution in [2.45, 2.75) is 19.8 Å². The van der Waals surface area contributed by atoms with Crippen molar-refractivity contribution in [1.29, 1.82) is 0 Å². The number of benzene rings is 1. The molecule has 2 amide bonds. The van der Waals surface area contributed by atoms with Crippen LogP contribution in [0.2, 0.25) is 0 Å². The Kier molecular flexibility index (Phi) is 6.98. The molecular formula is C16H18N6O5S. The molecule has 0 radical (unpaired) electrons. The summed E-state index contributed by atoms with van der Waals surface area (Å²) in [7, 11) is 1.38. The fraction of sp³-hybridized carbons (Fsp3) is 0.250. The zero-order chi connectivity index (χ0) is 20.7. The monoisotopic (exact) mass is 406 g/mol. The van der Waals surface area contributed by atoms with E-state index in [1.807, 2.05) is 0 Å². The molecule has 0 spiro atoms. The number of methoxy groups -OCH3 is 1. The van der Waals surface area contributed by atoms with E-state index in [1.165, 1.54) is 36.6 Å². The number of carbonyl (C=O) groups is 2. The summed E-state index contributed by atoms with van der Waals surface area (Å²) >= 11 is 1.23. The summed E-state index contributed by atoms with van der Waals surface area (Å²) in [5.41, 5.74) is 8.40. The second-order valence-corrected chi connectivity index (χ2v) is 6.49. The molecule has 1 heterocycles. The second kappa shape index (κ2) is 9.41. The van der Waals surface area contributed by atoms with E-state index in [9.17, 15) is 19.7 Å². The lowest BCUT2D eigenvalue weighted by molar-refractivity contribution is -0.384. The van der Waals surface area contributed by atoms with Gasteiger partial charge in [0.15, 0.2) is 5.13 Å². The average molecular weight is 406 g/mol. The lowest BCUT2D eigenvalue weighted by Gasteiger charge is -2.07. The van der Waals surface area contributed by atoms with E-state index in [1.54, 1.807) is 12.3 Å². The van der Waals surface area contributed by atoms with Crippen LogP contribution < -0.4 is 21.2 Å². The van der Waals surface area contributed by atoms with Crippen LogP contribution in [0.15, 0.2) is 28.7 Å². The summed E-state index contributed by atoms with van der Waals surface area (Å²) in [6.07, 6.45) is -0.151. The first kappa shape index (κ1) is 20.8. The van der Waals surface area contributed by atoms with E-state index in [0.29, 0.717) is 22.3 Å². The van der Waals surface area contributed by atoms with E-state index in [0.717, 1.165) is 0 Å². The molecule has 2 rings (SSSR count). The minimum absolute atomic E-state index is 0.00865. The third kappa shape index (κ3) is 6.02. The number of anilines is 2. The predicted octanol–water partition coefficient (Wildman–Crippen LogP) is 1.71. The number of aromatic nitrogens is 1. The molecule has 1 aromatic heterocycles. The van der Waals surface area contributed by atoms with Gasteiger partial charge in [0.05, 0.1) is 36.6 Å². The predicted molar refractivity (Wildman–Crippen MR) is 104 cm³/mol. The van der Waals surface area contributed by atoms with Gasteiger partial charge < -0.3 is 15.8 Å². The van der Waals surface area contributed by atoms with Crippen molar-refractivity contribution in [3.8, 4) is 5.75 Å². The molecule has 0 unspecified atom stereocenters. The Bertz CT molecular complexity index is 926. The molecule has 0 saturated carbocycles. The van der Waals surface area contributed by atoms with Gasteiger partial charge in [-0.1, -0.05) is 0 Å². The molecule has 0 atom stereocenters. The lowest BCUT2D eigenvalue weighted by atomic mass is 10.2. The number of nitrogens with zero attached hydrogens (tertiary/aromatic N) is 3. The normalized spacial score (nSPS) is 11.0. The highest BCUT2D eigenvalue weighted by Crippen LogP contribution is 2.29. The number of amides is 2. The number of ether oxygens (including phenoxy) is 1. The fourth-order valence-corrected chi connectivity index (χ4v) is 2.69. The number of hydrazone groups is 1. The molecule has 0 aliphatic carbocycles. The number of carbonyl (C=O) groups excluding carboxylic acids is 2. The van der Waals surface area contributed by atoms with Crippen LogP contribution in [0.3, 0.4) is 0 Å². The van der Waals surface area contributed by atoms with Crippen LogP contribution in [-0.4, -0.2) is 34.5 Å². The highest BCUT2D eigenvalue weighted by Gasteiger charge is 2.17. The third-order valence-corrected chi connectivity index (χ3v) is 4.10. The topological polar surface area (TPSA) is 162 Å². The molecule has 0 saturated heterocycles. The first-order valence-electron chi connectivity index (χ1n) is 7.92. The van der Waals surface area contributed by atoms with Crippen molar-refractivity contribution in [3.63, 3.8) is 0 Å². The number of nitrogens with two attached hydrogens (primary N) is 1. The number of hydrogen-bond acceptors (Lipinski definition) is 9. The number of thiazole rings is 1. The summed E-state index contributed by atoms with van der Waals surface area (Å²) in [4.78, 5) is 38.4. The van der Waals surface area contributed by atoms with Crippen LogP contribution in [-0.2, 0) is 16.0 Å². The molecule has 0 aliphatic heterocycles. The van der Waals surface area contributed by atoms with E-state index >= 15 is 0 Å². The Morgan fingerprint density at radius 1 is 1.39 bits per heavy atom. The molecule has 12 heteroatoms. The first-order chi connectivity index (χ1) is 13.3. The summed E-state index contributed by atoms with van der Waals surface area (Å²) in [5, 5.41) is 19.5. The van der Waals surface area contributed by atoms with Crippen LogP contribution in [0.25, 0.3) is 0 Å². The molecule has 11 nitrogen and oxygen atoms in total. The smallest absolute Gasteiger partial charge is 0.296 e. The van der Waals surface area contributed by atoms with Crippen molar-refractivity contribution >= 4 is 45.4 Å². The standard InChI is InChI=1S/C16H18N6O5S/c1-9(20-21-15(24)6-10-8-28-16(17)18-10)5-14(23)19-12-4-3-11(27-2)7-13(12)22(25)26/h3-4,7-8H,5-6H2,1-2H3,(H2,17,18)(H,19,23)(H,21,24)/b20-9-. The van der Waals surface area contributed by atoms with Crippen molar-refractivity contribution in [2.24, 2.45) is 5.10 Å². The van der Waals surface area contributed by atoms with E-state index < -0.39 is 16.7 Å². The zero-order valence-electron chi connectivity index (χ0n) is 15.1. The average Bonchev–Trinajstić information content (AvgIpc) is 3.04. The van der Waals surface area contributed by atoms with Crippen molar-refractivity contribution in [1.82, 2.24) is 10.4 Å². The molecule has 0 aliphatic rings. The van der Waals surface area contributed by atoms with Crippen LogP contribution in [0.5, 0.6) is 5.75 Å². The Labute approximate surface area is 163 Å². The largest absolute Gasteiger partial charge is 0.496 e. The third-order valence-electron chi connectivity index (χ3n) is 3.37. The summed E-state index contributed by atoms with van der Waals surface area (Å²) in [6.45, 7) is 1.54. The molecule has 28 heavy (non-hydrogen) atoms. The van der Waals surface area contributed by atoms with Gasteiger partial charge in [-0.15, -0.1) is 11.3 Å². The van der Waals surface area contributed by atoms with E-state index in [-0.39, 0.29) is 24.2 Å². The summed E-state index contributed by atoms with van der Waals surface area (Å²) < 4.78 is 4.94. The molecular weight excluding hydrogens is 388 g/mol. The number of hydrogen-bond donors (Lipinski definition) is 3.